The fourth-order valence-corrected chi connectivity index (χ4v) is 2.07. The van der Waals surface area contributed by atoms with Gasteiger partial charge in [-0.15, -0.1) is 0 Å². The number of halogens is 1. The van der Waals surface area contributed by atoms with E-state index in [1.165, 1.54) is 0 Å². The van der Waals surface area contributed by atoms with E-state index in [0.717, 1.165) is 12.0 Å². The molecule has 2 aromatic rings. The first-order valence-corrected chi connectivity index (χ1v) is 5.80. The van der Waals surface area contributed by atoms with Crippen LogP contribution in [-0.4, -0.2) is 19.9 Å². The topological polar surface area (TPSA) is 50.9 Å². The first-order valence-electron chi connectivity index (χ1n) is 5.43. The van der Waals surface area contributed by atoms with E-state index in [2.05, 4.69) is 10.1 Å². The van der Waals surface area contributed by atoms with Crippen LogP contribution in [0.15, 0.2) is 30.7 Å². The normalized spacial score (nSPS) is 12.6. The van der Waals surface area contributed by atoms with Gasteiger partial charge < -0.3 is 5.11 Å². The van der Waals surface area contributed by atoms with Gasteiger partial charge in [-0.05, 0) is 24.5 Å². The molecule has 0 aliphatic heterocycles. The molecule has 1 atom stereocenters. The smallest absolute Gasteiger partial charge is 0.0974 e. The van der Waals surface area contributed by atoms with Gasteiger partial charge in [-0.25, -0.2) is 0 Å². The Bertz CT molecular complexity index is 464. The lowest BCUT2D eigenvalue weighted by atomic mass is 10.1. The average Bonchev–Trinajstić information content (AvgIpc) is 2.67. The van der Waals surface area contributed by atoms with Crippen LogP contribution in [0, 0.1) is 0 Å². The first-order chi connectivity index (χ1) is 8.18. The number of nitrogens with zero attached hydrogens (tertiary/aromatic N) is 3. The second kappa shape index (κ2) is 5.29. The Hall–Kier alpha value is -1.39. The Labute approximate surface area is 105 Å². The number of aryl methyl sites for hydroxylation is 2. The summed E-state index contributed by atoms with van der Waals surface area (Å²) in [4.78, 5) is 4.04. The maximum Gasteiger partial charge on any atom is 0.0974 e. The van der Waals surface area contributed by atoms with Crippen molar-refractivity contribution in [1.82, 2.24) is 14.8 Å². The molecule has 0 radical (unpaired) electrons. The fourth-order valence-electron chi connectivity index (χ4n) is 1.78. The molecule has 2 rings (SSSR count). The molecule has 0 saturated heterocycles. The number of hydrogen-bond donors (Lipinski definition) is 1. The monoisotopic (exact) mass is 251 g/mol. The minimum atomic E-state index is -0.602. The largest absolute Gasteiger partial charge is 0.387 e. The molecule has 0 spiro atoms. The van der Waals surface area contributed by atoms with Crippen LogP contribution in [0.2, 0.25) is 5.02 Å². The number of aromatic nitrogens is 3. The lowest BCUT2D eigenvalue weighted by molar-refractivity contribution is 0.158. The van der Waals surface area contributed by atoms with Crippen LogP contribution in [0.3, 0.4) is 0 Å². The SMILES string of the molecule is Cn1ncc(Cl)c1C(O)CCc1cccnc1. The summed E-state index contributed by atoms with van der Waals surface area (Å²) in [5.74, 6) is 0. The van der Waals surface area contributed by atoms with E-state index in [1.54, 1.807) is 30.3 Å². The Morgan fingerprint density at radius 1 is 1.47 bits per heavy atom. The molecule has 0 aliphatic carbocycles. The van der Waals surface area contributed by atoms with Gasteiger partial charge >= 0.3 is 0 Å². The molecule has 4 nitrogen and oxygen atoms in total. The summed E-state index contributed by atoms with van der Waals surface area (Å²) in [5, 5.41) is 14.6. The molecule has 0 fully saturated rings. The third-order valence-corrected chi connectivity index (χ3v) is 2.97. The highest BCUT2D eigenvalue weighted by molar-refractivity contribution is 6.31. The predicted molar refractivity (Wildman–Crippen MR) is 65.7 cm³/mol. The Kier molecular flexibility index (Phi) is 3.76. The van der Waals surface area contributed by atoms with Crippen molar-refractivity contribution in [2.45, 2.75) is 18.9 Å². The van der Waals surface area contributed by atoms with Gasteiger partial charge in [0.05, 0.1) is 23.0 Å². The van der Waals surface area contributed by atoms with E-state index in [4.69, 9.17) is 11.6 Å². The predicted octanol–water partition coefficient (Wildman–Crippen LogP) is 2.13. The highest BCUT2D eigenvalue weighted by Gasteiger charge is 2.16. The van der Waals surface area contributed by atoms with Crippen LogP contribution in [0.1, 0.15) is 23.8 Å². The summed E-state index contributed by atoms with van der Waals surface area (Å²) in [6.45, 7) is 0. The Morgan fingerprint density at radius 3 is 2.88 bits per heavy atom. The number of pyridine rings is 1. The lowest BCUT2D eigenvalue weighted by Gasteiger charge is -2.11. The maximum atomic E-state index is 10.1. The molecule has 1 N–H and O–H groups in total. The Morgan fingerprint density at radius 2 is 2.29 bits per heavy atom. The van der Waals surface area contributed by atoms with Crippen molar-refractivity contribution in [3.05, 3.63) is 47.0 Å². The van der Waals surface area contributed by atoms with Crippen LogP contribution in [-0.2, 0) is 13.5 Å². The summed E-state index contributed by atoms with van der Waals surface area (Å²) < 4.78 is 1.61. The highest BCUT2D eigenvalue weighted by atomic mass is 35.5. The first kappa shape index (κ1) is 12.1. The van der Waals surface area contributed by atoms with Crippen molar-refractivity contribution in [1.29, 1.82) is 0 Å². The van der Waals surface area contributed by atoms with Gasteiger partial charge in [-0.3, -0.25) is 9.67 Å². The number of aliphatic hydroxyl groups is 1. The highest BCUT2D eigenvalue weighted by Crippen LogP contribution is 2.25. The molecular formula is C12H14ClN3O. The molecule has 0 aromatic carbocycles. The molecule has 0 saturated carbocycles. The summed E-state index contributed by atoms with van der Waals surface area (Å²) in [6.07, 6.45) is 5.84. The van der Waals surface area contributed by atoms with Crippen LogP contribution < -0.4 is 0 Å². The average molecular weight is 252 g/mol. The van der Waals surface area contributed by atoms with E-state index >= 15 is 0 Å². The molecule has 0 bridgehead atoms. The van der Waals surface area contributed by atoms with E-state index in [0.29, 0.717) is 17.1 Å². The van der Waals surface area contributed by atoms with Crippen LogP contribution in [0.25, 0.3) is 0 Å². The van der Waals surface area contributed by atoms with Crippen molar-refractivity contribution in [3.8, 4) is 0 Å². The zero-order valence-corrected chi connectivity index (χ0v) is 10.3. The van der Waals surface area contributed by atoms with Crippen molar-refractivity contribution >= 4 is 11.6 Å². The second-order valence-electron chi connectivity index (χ2n) is 3.92. The van der Waals surface area contributed by atoms with E-state index in [-0.39, 0.29) is 0 Å². The van der Waals surface area contributed by atoms with Gasteiger partial charge in [0.1, 0.15) is 0 Å². The molecule has 90 valence electrons. The zero-order chi connectivity index (χ0) is 12.3. The standard InChI is InChI=1S/C12H14ClN3O/c1-16-12(10(13)8-15-16)11(17)5-4-9-3-2-6-14-7-9/h2-3,6-8,11,17H,4-5H2,1H3. The summed E-state index contributed by atoms with van der Waals surface area (Å²) in [5.41, 5.74) is 1.76. The summed E-state index contributed by atoms with van der Waals surface area (Å²) in [6, 6.07) is 3.88. The molecule has 0 amide bonds. The van der Waals surface area contributed by atoms with Crippen LogP contribution in [0.4, 0.5) is 0 Å². The van der Waals surface area contributed by atoms with Crippen molar-refractivity contribution in [2.75, 3.05) is 0 Å². The molecule has 17 heavy (non-hydrogen) atoms. The van der Waals surface area contributed by atoms with E-state index < -0.39 is 6.10 Å². The molecule has 5 heteroatoms. The summed E-state index contributed by atoms with van der Waals surface area (Å²) in [7, 11) is 1.77. The quantitative estimate of drug-likeness (QED) is 0.906. The minimum Gasteiger partial charge on any atom is -0.387 e. The van der Waals surface area contributed by atoms with Gasteiger partial charge in [-0.1, -0.05) is 17.7 Å². The van der Waals surface area contributed by atoms with E-state index in [9.17, 15) is 5.11 Å². The van der Waals surface area contributed by atoms with Gasteiger partial charge in [-0.2, -0.15) is 5.10 Å². The number of aliphatic hydroxyl groups excluding tert-OH is 1. The van der Waals surface area contributed by atoms with Crippen molar-refractivity contribution in [2.24, 2.45) is 7.05 Å². The summed E-state index contributed by atoms with van der Waals surface area (Å²) >= 11 is 5.97. The van der Waals surface area contributed by atoms with Crippen LogP contribution in [0.5, 0.6) is 0 Å². The molecule has 2 heterocycles. The number of hydrogen-bond acceptors (Lipinski definition) is 3. The van der Waals surface area contributed by atoms with Gasteiger partial charge in [0.15, 0.2) is 0 Å². The van der Waals surface area contributed by atoms with E-state index in [1.807, 2.05) is 12.1 Å². The van der Waals surface area contributed by atoms with Gasteiger partial charge in [0, 0.05) is 19.4 Å². The minimum absolute atomic E-state index is 0.506. The van der Waals surface area contributed by atoms with Crippen LogP contribution >= 0.6 is 11.6 Å². The molecule has 2 aromatic heterocycles. The van der Waals surface area contributed by atoms with Gasteiger partial charge in [0.2, 0.25) is 0 Å². The Balaban J connectivity index is 2.01. The molecular weight excluding hydrogens is 238 g/mol. The molecule has 1 unspecified atom stereocenters. The number of rotatable bonds is 4. The second-order valence-corrected chi connectivity index (χ2v) is 4.32. The zero-order valence-electron chi connectivity index (χ0n) is 9.55. The maximum absolute atomic E-state index is 10.1. The third kappa shape index (κ3) is 2.84. The lowest BCUT2D eigenvalue weighted by Crippen LogP contribution is -2.07. The van der Waals surface area contributed by atoms with Gasteiger partial charge in [0.25, 0.3) is 0 Å². The van der Waals surface area contributed by atoms with Crippen molar-refractivity contribution in [3.63, 3.8) is 0 Å². The fraction of sp³-hybridized carbons (Fsp3) is 0.333. The third-order valence-electron chi connectivity index (χ3n) is 2.68. The molecule has 0 aliphatic rings. The van der Waals surface area contributed by atoms with Crippen molar-refractivity contribution < 1.29 is 5.11 Å².